The number of benzene rings is 4. The minimum Gasteiger partial charge on any atom is -0.385 e. The molecule has 0 saturated heterocycles. The molecule has 0 aliphatic heterocycles. The monoisotopic (exact) mass is 452 g/mol. The van der Waals surface area contributed by atoms with Crippen LogP contribution >= 0.6 is 11.8 Å². The first kappa shape index (κ1) is 24.2. The average Bonchev–Trinajstić information content (AvgIpc) is 2.88. The average molecular weight is 453 g/mol. The van der Waals surface area contributed by atoms with Gasteiger partial charge in [-0.05, 0) is 51.8 Å². The topological polar surface area (TPSA) is 29.3 Å². The van der Waals surface area contributed by atoms with Crippen LogP contribution in [-0.2, 0) is 6.42 Å². The van der Waals surface area contributed by atoms with Crippen molar-refractivity contribution < 1.29 is 0 Å². The molecular formula is C30H32N2S. The zero-order chi connectivity index (χ0) is 23.6. The minimum atomic E-state index is 0.697. The van der Waals surface area contributed by atoms with Gasteiger partial charge in [0.1, 0.15) is 5.82 Å². The second-order valence-corrected chi connectivity index (χ2v) is 8.35. The summed E-state index contributed by atoms with van der Waals surface area (Å²) in [4.78, 5) is 3.25. The van der Waals surface area contributed by atoms with Gasteiger partial charge in [0, 0.05) is 17.3 Å². The Morgan fingerprint density at radius 3 is 2.39 bits per heavy atom. The molecule has 4 rings (SSSR count). The van der Waals surface area contributed by atoms with Gasteiger partial charge in [-0.1, -0.05) is 111 Å². The number of hydrogen-bond donors (Lipinski definition) is 1. The summed E-state index contributed by atoms with van der Waals surface area (Å²) in [5.41, 5.74) is 8.85. The maximum atomic E-state index is 6.47. The number of nitrogens with two attached hydrogens (primary N) is 1. The van der Waals surface area contributed by atoms with Gasteiger partial charge in [-0.2, -0.15) is 0 Å². The quantitative estimate of drug-likeness (QED) is 0.174. The Hall–Kier alpha value is -3.43. The van der Waals surface area contributed by atoms with Crippen molar-refractivity contribution in [3.8, 4) is 0 Å². The molecular weight excluding hydrogens is 420 g/mol. The van der Waals surface area contributed by atoms with Gasteiger partial charge >= 0.3 is 0 Å². The molecule has 2 nitrogen and oxygen atoms in total. The van der Waals surface area contributed by atoms with Crippen molar-refractivity contribution in [1.82, 2.24) is 0 Å². The Kier molecular flexibility index (Phi) is 8.79. The number of fused-ring (bicyclic) bond motifs is 3. The maximum absolute atomic E-state index is 6.47. The van der Waals surface area contributed by atoms with E-state index in [1.807, 2.05) is 44.5 Å². The highest BCUT2D eigenvalue weighted by Gasteiger charge is 2.13. The van der Waals surface area contributed by atoms with Crippen molar-refractivity contribution >= 4 is 39.0 Å². The van der Waals surface area contributed by atoms with Crippen molar-refractivity contribution in [2.24, 2.45) is 5.73 Å². The van der Waals surface area contributed by atoms with Crippen LogP contribution in [-0.4, -0.2) is 7.05 Å². The molecule has 2 N–H and O–H groups in total. The van der Waals surface area contributed by atoms with E-state index in [0.29, 0.717) is 5.82 Å². The Balaban J connectivity index is 0.00000149. The zero-order valence-electron chi connectivity index (χ0n) is 19.7. The Labute approximate surface area is 202 Å². The fraction of sp³-hybridized carbons (Fsp3) is 0.133. The first-order chi connectivity index (χ1) is 16.2. The summed E-state index contributed by atoms with van der Waals surface area (Å²) in [6, 6.07) is 27.6. The summed E-state index contributed by atoms with van der Waals surface area (Å²) >= 11 is 1.65. The summed E-state index contributed by atoms with van der Waals surface area (Å²) in [7, 11) is 2.02. The third-order valence-corrected chi connectivity index (χ3v) is 6.18. The summed E-state index contributed by atoms with van der Waals surface area (Å²) in [6.07, 6.45) is 7.01. The molecule has 0 amide bonds. The fourth-order valence-electron chi connectivity index (χ4n) is 3.79. The van der Waals surface area contributed by atoms with Crippen LogP contribution in [0, 0.1) is 0 Å². The van der Waals surface area contributed by atoms with Crippen molar-refractivity contribution in [2.75, 3.05) is 11.9 Å². The zero-order valence-corrected chi connectivity index (χ0v) is 20.5. The normalized spacial score (nSPS) is 11.4. The molecule has 33 heavy (non-hydrogen) atoms. The van der Waals surface area contributed by atoms with E-state index in [-0.39, 0.29) is 0 Å². The van der Waals surface area contributed by atoms with Gasteiger partial charge in [0.15, 0.2) is 0 Å². The first-order valence-electron chi connectivity index (χ1n) is 11.3. The van der Waals surface area contributed by atoms with Crippen molar-refractivity contribution in [2.45, 2.75) is 25.2 Å². The molecule has 0 saturated carbocycles. The molecule has 0 unspecified atom stereocenters. The van der Waals surface area contributed by atoms with Gasteiger partial charge in [-0.15, -0.1) is 0 Å². The van der Waals surface area contributed by atoms with Crippen LogP contribution in [0.4, 0.5) is 5.69 Å². The Bertz CT molecular complexity index is 1270. The van der Waals surface area contributed by atoms with Crippen molar-refractivity contribution in [3.63, 3.8) is 0 Å². The molecule has 168 valence electrons. The van der Waals surface area contributed by atoms with E-state index in [2.05, 4.69) is 90.4 Å². The van der Waals surface area contributed by atoms with Gasteiger partial charge in [-0.3, -0.25) is 0 Å². The van der Waals surface area contributed by atoms with Crippen LogP contribution in [0.15, 0.2) is 120 Å². The van der Waals surface area contributed by atoms with E-state index in [1.54, 1.807) is 11.8 Å². The molecule has 0 atom stereocenters. The highest BCUT2D eigenvalue weighted by molar-refractivity contribution is 8.02. The fourth-order valence-corrected chi connectivity index (χ4v) is 4.41. The SMILES string of the molecule is C=CSc1ccc(N(C)/C(N)=C/C=C\Cc2ccccc2)c2c1ccc1ccccc12.CC. The number of thioether (sulfide) groups is 1. The largest absolute Gasteiger partial charge is 0.385 e. The summed E-state index contributed by atoms with van der Waals surface area (Å²) in [5, 5.41) is 6.73. The molecule has 4 aromatic rings. The maximum Gasteiger partial charge on any atom is 0.103 e. The lowest BCUT2D eigenvalue weighted by molar-refractivity contribution is 1.07. The molecule has 0 spiro atoms. The van der Waals surface area contributed by atoms with E-state index < -0.39 is 0 Å². The third kappa shape index (κ3) is 5.68. The molecule has 0 radical (unpaired) electrons. The number of hydrogen-bond acceptors (Lipinski definition) is 3. The Morgan fingerprint density at radius 2 is 1.64 bits per heavy atom. The van der Waals surface area contributed by atoms with Crippen molar-refractivity contribution in [1.29, 1.82) is 0 Å². The second kappa shape index (κ2) is 12.0. The lowest BCUT2D eigenvalue weighted by atomic mass is 10.00. The molecule has 0 aliphatic carbocycles. The van der Waals surface area contributed by atoms with Gasteiger partial charge in [-0.25, -0.2) is 0 Å². The molecule has 0 fully saturated rings. The van der Waals surface area contributed by atoms with Crippen LogP contribution in [0.2, 0.25) is 0 Å². The predicted octanol–water partition coefficient (Wildman–Crippen LogP) is 8.29. The van der Waals surface area contributed by atoms with Crippen LogP contribution in [0.25, 0.3) is 21.5 Å². The van der Waals surface area contributed by atoms with E-state index >= 15 is 0 Å². The number of anilines is 1. The number of rotatable bonds is 7. The van der Waals surface area contributed by atoms with E-state index in [9.17, 15) is 0 Å². The molecule has 4 aromatic carbocycles. The van der Waals surface area contributed by atoms with E-state index in [0.717, 1.165) is 12.1 Å². The molecule has 0 aromatic heterocycles. The number of allylic oxidation sites excluding steroid dienone is 3. The molecule has 0 bridgehead atoms. The standard InChI is InChI=1S/C28H26N2S.C2H6/c1-3-31-26-20-19-25(28-23-15-9-8-14-22(23)17-18-24(26)28)30(2)27(29)16-10-7-13-21-11-5-4-6-12-21;1-2/h3-12,14-20H,1,13,29H2,2H3;1-2H3/b10-7-,27-16+;. The molecule has 0 aliphatic rings. The number of nitrogens with zero attached hydrogens (tertiary/aromatic N) is 1. The van der Waals surface area contributed by atoms with E-state index in [4.69, 9.17) is 5.73 Å². The van der Waals surface area contributed by atoms with Crippen LogP contribution in [0.3, 0.4) is 0 Å². The predicted molar refractivity (Wildman–Crippen MR) is 149 cm³/mol. The summed E-state index contributed by atoms with van der Waals surface area (Å²) in [6.45, 7) is 7.89. The van der Waals surface area contributed by atoms with Crippen LogP contribution in [0.5, 0.6) is 0 Å². The Morgan fingerprint density at radius 1 is 0.909 bits per heavy atom. The van der Waals surface area contributed by atoms with Gasteiger partial charge in [0.25, 0.3) is 0 Å². The van der Waals surface area contributed by atoms with Gasteiger partial charge < -0.3 is 10.6 Å². The summed E-state index contributed by atoms with van der Waals surface area (Å²) < 4.78 is 0. The third-order valence-electron chi connectivity index (χ3n) is 5.40. The lowest BCUT2D eigenvalue weighted by Gasteiger charge is -2.23. The van der Waals surface area contributed by atoms with Crippen LogP contribution in [0.1, 0.15) is 19.4 Å². The smallest absolute Gasteiger partial charge is 0.103 e. The van der Waals surface area contributed by atoms with Crippen molar-refractivity contribution in [3.05, 3.63) is 120 Å². The second-order valence-electron chi connectivity index (χ2n) is 7.35. The highest BCUT2D eigenvalue weighted by Crippen LogP contribution is 2.39. The van der Waals surface area contributed by atoms with E-state index in [1.165, 1.54) is 32.0 Å². The first-order valence-corrected chi connectivity index (χ1v) is 12.2. The molecule has 0 heterocycles. The van der Waals surface area contributed by atoms with Gasteiger partial charge in [0.2, 0.25) is 0 Å². The lowest BCUT2D eigenvalue weighted by Crippen LogP contribution is -2.22. The summed E-state index contributed by atoms with van der Waals surface area (Å²) in [5.74, 6) is 0.697. The molecule has 3 heteroatoms. The van der Waals surface area contributed by atoms with Crippen LogP contribution < -0.4 is 10.6 Å². The highest BCUT2D eigenvalue weighted by atomic mass is 32.2. The van der Waals surface area contributed by atoms with Gasteiger partial charge in [0.05, 0.1) is 5.69 Å². The minimum absolute atomic E-state index is 0.697.